The van der Waals surface area contributed by atoms with E-state index in [0.717, 1.165) is 18.8 Å². The van der Waals surface area contributed by atoms with Gasteiger partial charge in [-0.25, -0.2) is 4.39 Å². The monoisotopic (exact) mass is 388 g/mol. The van der Waals surface area contributed by atoms with Gasteiger partial charge < -0.3 is 20.2 Å². The van der Waals surface area contributed by atoms with E-state index in [2.05, 4.69) is 15.5 Å². The van der Waals surface area contributed by atoms with Crippen LogP contribution in [0.3, 0.4) is 0 Å². The normalized spacial score (nSPS) is 17.5. The quantitative estimate of drug-likeness (QED) is 0.479. The molecular weight excluding hydrogens is 359 g/mol. The van der Waals surface area contributed by atoms with Gasteiger partial charge in [-0.2, -0.15) is 0 Å². The van der Waals surface area contributed by atoms with E-state index in [1.807, 2.05) is 19.1 Å². The topological polar surface area (TPSA) is 73.0 Å². The predicted molar refractivity (Wildman–Crippen MR) is 108 cm³/mol. The highest BCUT2D eigenvalue weighted by Crippen LogP contribution is 2.25. The Morgan fingerprint density at radius 2 is 1.96 bits per heavy atom. The molecule has 6 nitrogen and oxygen atoms in total. The van der Waals surface area contributed by atoms with Crippen molar-refractivity contribution >= 4 is 5.96 Å². The summed E-state index contributed by atoms with van der Waals surface area (Å²) in [5.41, 5.74) is 0.662. The van der Waals surface area contributed by atoms with E-state index in [-0.39, 0.29) is 18.4 Å². The number of aliphatic hydroxyl groups is 1. The lowest BCUT2D eigenvalue weighted by atomic mass is 10.1. The second-order valence-electron chi connectivity index (χ2n) is 6.94. The number of likely N-dealkylation sites (tertiary alicyclic amines) is 1. The second kappa shape index (κ2) is 10.2. The summed E-state index contributed by atoms with van der Waals surface area (Å²) in [6, 6.07) is 9.89. The molecule has 0 aliphatic carbocycles. The maximum Gasteiger partial charge on any atom is 0.191 e. The number of hydrogen-bond donors (Lipinski definition) is 3. The van der Waals surface area contributed by atoms with Gasteiger partial charge in [0.05, 0.1) is 25.0 Å². The summed E-state index contributed by atoms with van der Waals surface area (Å²) in [5, 5.41) is 16.7. The van der Waals surface area contributed by atoms with Gasteiger partial charge in [0.25, 0.3) is 0 Å². The molecule has 7 heteroatoms. The minimum absolute atomic E-state index is 0.106. The summed E-state index contributed by atoms with van der Waals surface area (Å²) in [6.07, 6.45) is 3.35. The van der Waals surface area contributed by atoms with E-state index >= 15 is 0 Å². The number of halogens is 1. The van der Waals surface area contributed by atoms with Crippen molar-refractivity contribution < 1.29 is 13.9 Å². The highest BCUT2D eigenvalue weighted by molar-refractivity contribution is 5.79. The molecule has 3 N–H and O–H groups in total. The summed E-state index contributed by atoms with van der Waals surface area (Å²) >= 11 is 0. The van der Waals surface area contributed by atoms with Crippen LogP contribution >= 0.6 is 0 Å². The summed E-state index contributed by atoms with van der Waals surface area (Å²) in [6.45, 7) is 5.66. The van der Waals surface area contributed by atoms with E-state index in [4.69, 9.17) is 9.41 Å². The maximum absolute atomic E-state index is 13.0. The van der Waals surface area contributed by atoms with Crippen molar-refractivity contribution in [3.8, 4) is 0 Å². The molecule has 2 heterocycles. The molecule has 0 amide bonds. The fraction of sp³-hybridized carbons (Fsp3) is 0.476. The molecule has 0 bridgehead atoms. The smallest absolute Gasteiger partial charge is 0.191 e. The Hall–Kier alpha value is -2.38. The molecule has 1 aliphatic rings. The molecule has 0 radical (unpaired) electrons. The van der Waals surface area contributed by atoms with Crippen LogP contribution in [0, 0.1) is 5.82 Å². The Morgan fingerprint density at radius 3 is 2.61 bits per heavy atom. The molecule has 1 aromatic heterocycles. The zero-order chi connectivity index (χ0) is 19.8. The van der Waals surface area contributed by atoms with Crippen molar-refractivity contribution in [2.75, 3.05) is 32.7 Å². The van der Waals surface area contributed by atoms with E-state index in [1.165, 1.54) is 25.0 Å². The summed E-state index contributed by atoms with van der Waals surface area (Å²) in [7, 11) is 0. The van der Waals surface area contributed by atoms with Crippen molar-refractivity contribution in [1.82, 2.24) is 15.5 Å². The maximum atomic E-state index is 13.0. The SMILES string of the molecule is CCNC(=NCC(c1ccco1)N1CCCC1)NCC(O)c1ccc(F)cc1. The van der Waals surface area contributed by atoms with E-state index < -0.39 is 6.10 Å². The van der Waals surface area contributed by atoms with Crippen LogP contribution in [0.25, 0.3) is 0 Å². The standard InChI is InChI=1S/C21H29FN4O2/c1-2-23-21(25-15-19(27)16-7-9-17(22)10-8-16)24-14-18(20-6-5-13-28-20)26-11-3-4-12-26/h5-10,13,18-19,27H,2-4,11-12,14-15H2,1H3,(H2,23,24,25). The Bertz CT molecular complexity index is 727. The third-order valence-electron chi connectivity index (χ3n) is 4.94. The molecule has 2 unspecified atom stereocenters. The first-order valence-electron chi connectivity index (χ1n) is 9.90. The Labute approximate surface area is 165 Å². The Balaban J connectivity index is 1.62. The number of nitrogens with one attached hydrogen (secondary N) is 2. The highest BCUT2D eigenvalue weighted by atomic mass is 19.1. The molecule has 28 heavy (non-hydrogen) atoms. The van der Waals surface area contributed by atoms with Crippen molar-refractivity contribution in [3.63, 3.8) is 0 Å². The lowest BCUT2D eigenvalue weighted by Gasteiger charge is -2.24. The Kier molecular flexibility index (Phi) is 7.45. The minimum Gasteiger partial charge on any atom is -0.468 e. The number of hydrogen-bond acceptors (Lipinski definition) is 4. The molecule has 3 rings (SSSR count). The second-order valence-corrected chi connectivity index (χ2v) is 6.94. The largest absolute Gasteiger partial charge is 0.468 e. The van der Waals surface area contributed by atoms with Crippen LogP contribution in [0.2, 0.25) is 0 Å². The van der Waals surface area contributed by atoms with Gasteiger partial charge in [-0.3, -0.25) is 9.89 Å². The average molecular weight is 388 g/mol. The molecule has 1 aliphatic heterocycles. The fourth-order valence-corrected chi connectivity index (χ4v) is 3.44. The minimum atomic E-state index is -0.746. The molecule has 152 valence electrons. The molecule has 1 saturated heterocycles. The Morgan fingerprint density at radius 1 is 1.21 bits per heavy atom. The van der Waals surface area contributed by atoms with Crippen LogP contribution in [0.5, 0.6) is 0 Å². The molecule has 2 aromatic rings. The predicted octanol–water partition coefficient (Wildman–Crippen LogP) is 2.84. The zero-order valence-electron chi connectivity index (χ0n) is 16.3. The van der Waals surface area contributed by atoms with E-state index in [0.29, 0.717) is 24.6 Å². The number of benzene rings is 1. The van der Waals surface area contributed by atoms with Crippen LogP contribution in [-0.2, 0) is 0 Å². The van der Waals surface area contributed by atoms with Gasteiger partial charge in [0.15, 0.2) is 5.96 Å². The third kappa shape index (κ3) is 5.56. The first kappa shape index (κ1) is 20.4. The number of aliphatic imine (C=N–C) groups is 1. The van der Waals surface area contributed by atoms with Crippen molar-refractivity contribution in [1.29, 1.82) is 0 Å². The lowest BCUT2D eigenvalue weighted by Crippen LogP contribution is -2.40. The summed E-state index contributed by atoms with van der Waals surface area (Å²) in [4.78, 5) is 7.12. The van der Waals surface area contributed by atoms with Crippen LogP contribution < -0.4 is 10.6 Å². The zero-order valence-corrected chi connectivity index (χ0v) is 16.3. The van der Waals surface area contributed by atoms with Gasteiger partial charge in [-0.1, -0.05) is 12.1 Å². The first-order valence-corrected chi connectivity index (χ1v) is 9.90. The number of nitrogens with zero attached hydrogens (tertiary/aromatic N) is 2. The molecule has 0 spiro atoms. The van der Waals surface area contributed by atoms with Gasteiger partial charge in [0, 0.05) is 13.1 Å². The van der Waals surface area contributed by atoms with Crippen LogP contribution in [-0.4, -0.2) is 48.7 Å². The van der Waals surface area contributed by atoms with Gasteiger partial charge in [0.2, 0.25) is 0 Å². The van der Waals surface area contributed by atoms with Gasteiger partial charge in [-0.15, -0.1) is 0 Å². The molecule has 1 aromatic carbocycles. The molecular formula is C21H29FN4O2. The van der Waals surface area contributed by atoms with E-state index in [1.54, 1.807) is 18.4 Å². The van der Waals surface area contributed by atoms with Gasteiger partial charge in [0.1, 0.15) is 11.6 Å². The number of aliphatic hydroxyl groups excluding tert-OH is 1. The number of rotatable bonds is 8. The summed E-state index contributed by atoms with van der Waals surface area (Å²) < 4.78 is 18.7. The molecule has 0 saturated carbocycles. The molecule has 2 atom stereocenters. The van der Waals surface area contributed by atoms with Crippen LogP contribution in [0.4, 0.5) is 4.39 Å². The lowest BCUT2D eigenvalue weighted by molar-refractivity contribution is 0.180. The average Bonchev–Trinajstić information content (AvgIpc) is 3.41. The number of guanidine groups is 1. The van der Waals surface area contributed by atoms with Crippen molar-refractivity contribution in [3.05, 3.63) is 59.8 Å². The van der Waals surface area contributed by atoms with Crippen LogP contribution in [0.1, 0.15) is 43.2 Å². The van der Waals surface area contributed by atoms with E-state index in [9.17, 15) is 9.50 Å². The van der Waals surface area contributed by atoms with Gasteiger partial charge in [-0.05, 0) is 62.7 Å². The first-order chi connectivity index (χ1) is 13.7. The molecule has 1 fully saturated rings. The van der Waals surface area contributed by atoms with Crippen LogP contribution in [0.15, 0.2) is 52.1 Å². The fourth-order valence-electron chi connectivity index (χ4n) is 3.44. The highest BCUT2D eigenvalue weighted by Gasteiger charge is 2.25. The van der Waals surface area contributed by atoms with Gasteiger partial charge >= 0.3 is 0 Å². The summed E-state index contributed by atoms with van der Waals surface area (Å²) in [5.74, 6) is 1.25. The van der Waals surface area contributed by atoms with Crippen molar-refractivity contribution in [2.24, 2.45) is 4.99 Å². The van der Waals surface area contributed by atoms with Crippen molar-refractivity contribution in [2.45, 2.75) is 31.9 Å². The third-order valence-corrected chi connectivity index (χ3v) is 4.94. The number of furan rings is 1.